The van der Waals surface area contributed by atoms with E-state index in [0.29, 0.717) is 16.8 Å². The number of rotatable bonds is 5. The van der Waals surface area contributed by atoms with Crippen LogP contribution in [0.1, 0.15) is 31.2 Å². The van der Waals surface area contributed by atoms with Crippen LogP contribution in [0.4, 0.5) is 13.2 Å². The van der Waals surface area contributed by atoms with Gasteiger partial charge in [-0.3, -0.25) is 4.99 Å². The number of piperidine rings is 1. The lowest BCUT2D eigenvalue weighted by atomic mass is 10.0. The summed E-state index contributed by atoms with van der Waals surface area (Å²) in [6.45, 7) is 2.38. The van der Waals surface area contributed by atoms with E-state index in [2.05, 4.69) is 22.5 Å². The van der Waals surface area contributed by atoms with Gasteiger partial charge in [0.15, 0.2) is 5.96 Å². The number of halogens is 4. The van der Waals surface area contributed by atoms with Crippen molar-refractivity contribution in [3.05, 3.63) is 35.9 Å². The van der Waals surface area contributed by atoms with Crippen LogP contribution in [0.25, 0.3) is 0 Å². The minimum atomic E-state index is -5.25. The minimum absolute atomic E-state index is 0. The van der Waals surface area contributed by atoms with E-state index in [9.17, 15) is 21.6 Å². The zero-order chi connectivity index (χ0) is 20.1. The Hall–Kier alpha value is -1.08. The third kappa shape index (κ3) is 6.48. The first-order valence-corrected chi connectivity index (χ1v) is 10.2. The molecule has 0 radical (unpaired) electrons. The van der Waals surface area contributed by atoms with Gasteiger partial charge in [-0.05, 0) is 24.3 Å². The summed E-state index contributed by atoms with van der Waals surface area (Å²) in [7, 11) is -3.63. The van der Waals surface area contributed by atoms with Crippen LogP contribution in [-0.2, 0) is 10.0 Å². The van der Waals surface area contributed by atoms with Gasteiger partial charge in [0.1, 0.15) is 0 Å². The highest BCUT2D eigenvalue weighted by atomic mass is 127. The van der Waals surface area contributed by atoms with Gasteiger partial charge in [0.2, 0.25) is 0 Å². The van der Waals surface area contributed by atoms with Crippen molar-refractivity contribution in [2.24, 2.45) is 4.99 Å². The molecule has 0 saturated carbocycles. The normalized spacial score (nSPS) is 18.2. The number of benzene rings is 1. The molecule has 1 unspecified atom stereocenters. The number of aliphatic imine (C=N–C) groups is 1. The molecule has 1 aromatic carbocycles. The number of alkyl halides is 3. The van der Waals surface area contributed by atoms with Gasteiger partial charge in [0.25, 0.3) is 0 Å². The standard InChI is InChI=1S/C17H25F3N4O2S.HI/c1-13(14-6-4-3-5-7-14)12-22-16(21-2)23-15-8-10-24(11-9-15)27(25,26)17(18,19)20;/h3-7,13,15H,8-12H2,1-2H3,(H2,21,22,23);1H. The van der Waals surface area contributed by atoms with Gasteiger partial charge in [-0.15, -0.1) is 24.0 Å². The Morgan fingerprint density at radius 1 is 1.25 bits per heavy atom. The summed E-state index contributed by atoms with van der Waals surface area (Å²) in [5, 5.41) is 6.37. The fourth-order valence-corrected chi connectivity index (χ4v) is 3.91. The molecule has 11 heteroatoms. The SMILES string of the molecule is CN=C(NCC(C)c1ccccc1)NC1CCN(S(=O)(=O)C(F)(F)F)CC1.I. The van der Waals surface area contributed by atoms with E-state index in [-0.39, 0.29) is 61.9 Å². The van der Waals surface area contributed by atoms with Crippen LogP contribution in [0.2, 0.25) is 0 Å². The second-order valence-electron chi connectivity index (χ2n) is 6.53. The zero-order valence-corrected chi connectivity index (χ0v) is 18.9. The molecule has 1 aliphatic heterocycles. The number of nitrogens with zero attached hydrogens (tertiary/aromatic N) is 2. The Morgan fingerprint density at radius 3 is 2.32 bits per heavy atom. The summed E-state index contributed by atoms with van der Waals surface area (Å²) in [4.78, 5) is 4.14. The van der Waals surface area contributed by atoms with E-state index in [1.54, 1.807) is 7.05 Å². The van der Waals surface area contributed by atoms with Gasteiger partial charge < -0.3 is 10.6 Å². The number of guanidine groups is 1. The largest absolute Gasteiger partial charge is 0.511 e. The van der Waals surface area contributed by atoms with E-state index in [0.717, 1.165) is 0 Å². The van der Waals surface area contributed by atoms with Crippen molar-refractivity contribution in [1.29, 1.82) is 0 Å². The molecule has 0 amide bonds. The molecule has 0 aliphatic carbocycles. The first kappa shape index (κ1) is 25.0. The van der Waals surface area contributed by atoms with Gasteiger partial charge in [-0.1, -0.05) is 37.3 Å². The molecular weight excluding hydrogens is 508 g/mol. The summed E-state index contributed by atoms with van der Waals surface area (Å²) in [5.41, 5.74) is -4.07. The Kier molecular flexibility index (Phi) is 9.47. The van der Waals surface area contributed by atoms with Crippen molar-refractivity contribution in [3.63, 3.8) is 0 Å². The van der Waals surface area contributed by atoms with Crippen molar-refractivity contribution in [2.75, 3.05) is 26.7 Å². The highest BCUT2D eigenvalue weighted by Crippen LogP contribution is 2.28. The Balaban J connectivity index is 0.00000392. The molecule has 1 heterocycles. The summed E-state index contributed by atoms with van der Waals surface area (Å²) in [6.07, 6.45) is 0.564. The molecule has 160 valence electrons. The van der Waals surface area contributed by atoms with Crippen LogP contribution in [0.15, 0.2) is 35.3 Å². The first-order chi connectivity index (χ1) is 12.6. The number of hydrogen-bond donors (Lipinski definition) is 2. The predicted octanol–water partition coefficient (Wildman–Crippen LogP) is 2.89. The molecule has 28 heavy (non-hydrogen) atoms. The number of sulfonamides is 1. The summed E-state index contributed by atoms with van der Waals surface area (Å²) >= 11 is 0. The topological polar surface area (TPSA) is 73.8 Å². The van der Waals surface area contributed by atoms with Gasteiger partial charge in [0, 0.05) is 32.7 Å². The van der Waals surface area contributed by atoms with Crippen molar-refractivity contribution in [2.45, 2.75) is 37.2 Å². The predicted molar refractivity (Wildman–Crippen MR) is 114 cm³/mol. The van der Waals surface area contributed by atoms with Crippen LogP contribution in [0.5, 0.6) is 0 Å². The van der Waals surface area contributed by atoms with Crippen LogP contribution >= 0.6 is 24.0 Å². The summed E-state index contributed by atoms with van der Waals surface area (Å²) in [6, 6.07) is 9.85. The van der Waals surface area contributed by atoms with Crippen molar-refractivity contribution in [3.8, 4) is 0 Å². The minimum Gasteiger partial charge on any atom is -0.356 e. The number of nitrogens with one attached hydrogen (secondary N) is 2. The van der Waals surface area contributed by atoms with Crippen molar-refractivity contribution in [1.82, 2.24) is 14.9 Å². The van der Waals surface area contributed by atoms with Crippen molar-refractivity contribution >= 4 is 40.0 Å². The average molecular weight is 534 g/mol. The monoisotopic (exact) mass is 534 g/mol. The third-order valence-electron chi connectivity index (χ3n) is 4.60. The maximum atomic E-state index is 12.6. The van der Waals surface area contributed by atoms with Crippen LogP contribution < -0.4 is 10.6 Å². The van der Waals surface area contributed by atoms with E-state index in [1.807, 2.05) is 30.3 Å². The second-order valence-corrected chi connectivity index (χ2v) is 8.46. The average Bonchev–Trinajstić information content (AvgIpc) is 2.65. The van der Waals surface area contributed by atoms with Gasteiger partial charge in [0.05, 0.1) is 0 Å². The first-order valence-electron chi connectivity index (χ1n) is 8.73. The van der Waals surface area contributed by atoms with E-state index in [4.69, 9.17) is 0 Å². The summed E-state index contributed by atoms with van der Waals surface area (Å²) < 4.78 is 61.3. The Labute approximate surface area is 181 Å². The maximum Gasteiger partial charge on any atom is 0.511 e. The lowest BCUT2D eigenvalue weighted by Crippen LogP contribution is -2.52. The fourth-order valence-electron chi connectivity index (χ4n) is 2.92. The third-order valence-corrected chi connectivity index (χ3v) is 6.23. The van der Waals surface area contributed by atoms with Crippen LogP contribution in [0.3, 0.4) is 0 Å². The second kappa shape index (κ2) is 10.6. The number of hydrogen-bond acceptors (Lipinski definition) is 3. The molecular formula is C17H26F3IN4O2S. The zero-order valence-electron chi connectivity index (χ0n) is 15.7. The van der Waals surface area contributed by atoms with E-state index >= 15 is 0 Å². The van der Waals surface area contributed by atoms with Gasteiger partial charge in [-0.25, -0.2) is 8.42 Å². The highest BCUT2D eigenvalue weighted by molar-refractivity contribution is 14.0. The lowest BCUT2D eigenvalue weighted by molar-refractivity contribution is -0.0494. The van der Waals surface area contributed by atoms with E-state index < -0.39 is 15.5 Å². The molecule has 0 spiro atoms. The maximum absolute atomic E-state index is 12.6. The van der Waals surface area contributed by atoms with Gasteiger partial charge in [-0.2, -0.15) is 17.5 Å². The summed E-state index contributed by atoms with van der Waals surface area (Å²) in [5.74, 6) is 0.804. The molecule has 1 atom stereocenters. The molecule has 0 aromatic heterocycles. The molecule has 1 saturated heterocycles. The smallest absolute Gasteiger partial charge is 0.356 e. The molecule has 6 nitrogen and oxygen atoms in total. The van der Waals surface area contributed by atoms with E-state index in [1.165, 1.54) is 5.56 Å². The molecule has 2 N–H and O–H groups in total. The van der Waals surface area contributed by atoms with Crippen LogP contribution in [0, 0.1) is 0 Å². The molecule has 0 bridgehead atoms. The quantitative estimate of drug-likeness (QED) is 0.346. The van der Waals surface area contributed by atoms with Crippen molar-refractivity contribution < 1.29 is 21.6 Å². The van der Waals surface area contributed by atoms with Crippen LogP contribution in [-0.4, -0.2) is 56.9 Å². The Bertz CT molecular complexity index is 737. The highest BCUT2D eigenvalue weighted by Gasteiger charge is 2.50. The Morgan fingerprint density at radius 2 is 1.82 bits per heavy atom. The fraction of sp³-hybridized carbons (Fsp3) is 0.588. The molecule has 2 rings (SSSR count). The van der Waals surface area contributed by atoms with Gasteiger partial charge >= 0.3 is 15.5 Å². The molecule has 1 fully saturated rings. The molecule has 1 aliphatic rings. The lowest BCUT2D eigenvalue weighted by Gasteiger charge is -2.32. The molecule has 1 aromatic rings.